The summed E-state index contributed by atoms with van der Waals surface area (Å²) in [7, 11) is 0. The molecule has 0 atom stereocenters. The van der Waals surface area contributed by atoms with Crippen LogP contribution in [0.5, 0.6) is 0 Å². The standard InChI is InChI=1S/C13H18O2/c1-2-15-12-9-13(14,10-12)8-11-6-4-3-5-7-11/h3-7,12,14H,2,8-10H2,1H3. The van der Waals surface area contributed by atoms with Gasteiger partial charge >= 0.3 is 0 Å². The average molecular weight is 206 g/mol. The summed E-state index contributed by atoms with van der Waals surface area (Å²) in [5.41, 5.74) is 0.677. The lowest BCUT2D eigenvalue weighted by Gasteiger charge is -2.43. The second-order valence-electron chi connectivity index (χ2n) is 4.37. The third-order valence-corrected chi connectivity index (χ3v) is 2.99. The third kappa shape index (κ3) is 2.58. The van der Waals surface area contributed by atoms with Gasteiger partial charge in [0, 0.05) is 25.9 Å². The Labute approximate surface area is 90.9 Å². The van der Waals surface area contributed by atoms with Crippen LogP contribution in [0.4, 0.5) is 0 Å². The van der Waals surface area contributed by atoms with Crippen molar-refractivity contribution in [1.29, 1.82) is 0 Å². The van der Waals surface area contributed by atoms with Crippen molar-refractivity contribution in [2.45, 2.75) is 37.9 Å². The molecule has 1 fully saturated rings. The first-order valence-corrected chi connectivity index (χ1v) is 5.60. The van der Waals surface area contributed by atoms with Gasteiger partial charge in [-0.15, -0.1) is 0 Å². The first kappa shape index (κ1) is 10.7. The van der Waals surface area contributed by atoms with E-state index >= 15 is 0 Å². The lowest BCUT2D eigenvalue weighted by molar-refractivity contribution is -0.136. The first-order chi connectivity index (χ1) is 7.22. The minimum atomic E-state index is -0.527. The molecule has 1 N–H and O–H groups in total. The molecule has 2 nitrogen and oxygen atoms in total. The van der Waals surface area contributed by atoms with E-state index in [1.54, 1.807) is 0 Å². The van der Waals surface area contributed by atoms with Crippen LogP contribution in [0.2, 0.25) is 0 Å². The van der Waals surface area contributed by atoms with E-state index in [0.29, 0.717) is 0 Å². The highest BCUT2D eigenvalue weighted by molar-refractivity contribution is 5.18. The van der Waals surface area contributed by atoms with Gasteiger partial charge in [-0.2, -0.15) is 0 Å². The average Bonchev–Trinajstić information content (AvgIpc) is 2.17. The largest absolute Gasteiger partial charge is 0.389 e. The van der Waals surface area contributed by atoms with Crippen molar-refractivity contribution in [3.05, 3.63) is 35.9 Å². The maximum absolute atomic E-state index is 10.2. The molecule has 0 aliphatic heterocycles. The molecular formula is C13H18O2. The SMILES string of the molecule is CCOC1CC(O)(Cc2ccccc2)C1. The summed E-state index contributed by atoms with van der Waals surface area (Å²) in [6.07, 6.45) is 2.56. The van der Waals surface area contributed by atoms with E-state index in [1.807, 2.05) is 25.1 Å². The van der Waals surface area contributed by atoms with Crippen molar-refractivity contribution >= 4 is 0 Å². The fraction of sp³-hybridized carbons (Fsp3) is 0.538. The Morgan fingerprint density at radius 1 is 1.33 bits per heavy atom. The van der Waals surface area contributed by atoms with Crippen LogP contribution in [0.3, 0.4) is 0 Å². The zero-order valence-electron chi connectivity index (χ0n) is 9.15. The topological polar surface area (TPSA) is 29.5 Å². The summed E-state index contributed by atoms with van der Waals surface area (Å²) in [5.74, 6) is 0. The second kappa shape index (κ2) is 4.33. The molecule has 0 amide bonds. The molecule has 1 saturated carbocycles. The summed E-state index contributed by atoms with van der Waals surface area (Å²) in [6.45, 7) is 2.74. The molecule has 1 aliphatic carbocycles. The van der Waals surface area contributed by atoms with E-state index in [-0.39, 0.29) is 6.10 Å². The monoisotopic (exact) mass is 206 g/mol. The summed E-state index contributed by atoms with van der Waals surface area (Å²) >= 11 is 0. The molecule has 1 aromatic carbocycles. The molecule has 0 heterocycles. The number of rotatable bonds is 4. The molecule has 0 aromatic heterocycles. The zero-order chi connectivity index (χ0) is 10.7. The lowest BCUT2D eigenvalue weighted by Crippen LogP contribution is -2.49. The van der Waals surface area contributed by atoms with Gasteiger partial charge in [-0.3, -0.25) is 0 Å². The van der Waals surface area contributed by atoms with Gasteiger partial charge in [0.2, 0.25) is 0 Å². The van der Waals surface area contributed by atoms with Crippen LogP contribution in [-0.2, 0) is 11.2 Å². The molecule has 0 spiro atoms. The van der Waals surface area contributed by atoms with Crippen LogP contribution in [0, 0.1) is 0 Å². The fourth-order valence-electron chi connectivity index (χ4n) is 2.26. The highest BCUT2D eigenvalue weighted by atomic mass is 16.5. The Bertz CT molecular complexity index is 302. The predicted octanol–water partition coefficient (Wildman–Crippen LogP) is 2.16. The number of ether oxygens (including phenoxy) is 1. The van der Waals surface area contributed by atoms with Gasteiger partial charge in [-0.05, 0) is 12.5 Å². The molecule has 2 heteroatoms. The molecule has 2 rings (SSSR count). The van der Waals surface area contributed by atoms with Crippen molar-refractivity contribution in [2.24, 2.45) is 0 Å². The van der Waals surface area contributed by atoms with E-state index in [0.717, 1.165) is 25.9 Å². The lowest BCUT2D eigenvalue weighted by atomic mass is 9.74. The summed E-state index contributed by atoms with van der Waals surface area (Å²) < 4.78 is 5.45. The third-order valence-electron chi connectivity index (χ3n) is 2.99. The molecule has 1 aromatic rings. The quantitative estimate of drug-likeness (QED) is 0.818. The number of benzene rings is 1. The normalized spacial score (nSPS) is 29.9. The van der Waals surface area contributed by atoms with Gasteiger partial charge in [-0.25, -0.2) is 0 Å². The van der Waals surface area contributed by atoms with Crippen LogP contribution < -0.4 is 0 Å². The van der Waals surface area contributed by atoms with E-state index in [1.165, 1.54) is 5.56 Å². The maximum Gasteiger partial charge on any atom is 0.0737 e. The minimum Gasteiger partial charge on any atom is -0.389 e. The van der Waals surface area contributed by atoms with Gasteiger partial charge in [-0.1, -0.05) is 30.3 Å². The summed E-state index contributed by atoms with van der Waals surface area (Å²) in [4.78, 5) is 0. The first-order valence-electron chi connectivity index (χ1n) is 5.60. The highest BCUT2D eigenvalue weighted by Gasteiger charge is 2.42. The van der Waals surface area contributed by atoms with E-state index in [4.69, 9.17) is 4.74 Å². The van der Waals surface area contributed by atoms with Crippen LogP contribution in [0.25, 0.3) is 0 Å². The smallest absolute Gasteiger partial charge is 0.0737 e. The van der Waals surface area contributed by atoms with Gasteiger partial charge in [0.1, 0.15) is 0 Å². The Hall–Kier alpha value is -0.860. The molecule has 1 aliphatic rings. The van der Waals surface area contributed by atoms with Crippen molar-refractivity contribution < 1.29 is 9.84 Å². The van der Waals surface area contributed by atoms with Gasteiger partial charge in [0.25, 0.3) is 0 Å². The van der Waals surface area contributed by atoms with E-state index in [9.17, 15) is 5.11 Å². The Morgan fingerprint density at radius 3 is 2.60 bits per heavy atom. The van der Waals surface area contributed by atoms with Crippen molar-refractivity contribution in [2.75, 3.05) is 6.61 Å². The predicted molar refractivity (Wildman–Crippen MR) is 59.7 cm³/mol. The van der Waals surface area contributed by atoms with Crippen molar-refractivity contribution in [1.82, 2.24) is 0 Å². The zero-order valence-corrected chi connectivity index (χ0v) is 9.15. The van der Waals surface area contributed by atoms with Gasteiger partial charge in [0.15, 0.2) is 0 Å². The van der Waals surface area contributed by atoms with Gasteiger partial charge < -0.3 is 9.84 Å². The number of hydrogen-bond donors (Lipinski definition) is 1. The molecule has 0 unspecified atom stereocenters. The number of hydrogen-bond acceptors (Lipinski definition) is 2. The van der Waals surface area contributed by atoms with Gasteiger partial charge in [0.05, 0.1) is 11.7 Å². The van der Waals surface area contributed by atoms with E-state index < -0.39 is 5.60 Å². The Morgan fingerprint density at radius 2 is 2.00 bits per heavy atom. The minimum absolute atomic E-state index is 0.267. The highest BCUT2D eigenvalue weighted by Crippen LogP contribution is 2.37. The molecule has 15 heavy (non-hydrogen) atoms. The summed E-state index contributed by atoms with van der Waals surface area (Å²) in [6, 6.07) is 10.1. The van der Waals surface area contributed by atoms with Crippen LogP contribution in [0.15, 0.2) is 30.3 Å². The van der Waals surface area contributed by atoms with Crippen molar-refractivity contribution in [3.63, 3.8) is 0 Å². The van der Waals surface area contributed by atoms with Crippen molar-refractivity contribution in [3.8, 4) is 0 Å². The summed E-state index contributed by atoms with van der Waals surface area (Å²) in [5, 5.41) is 10.2. The second-order valence-corrected chi connectivity index (χ2v) is 4.37. The fourth-order valence-corrected chi connectivity index (χ4v) is 2.26. The van der Waals surface area contributed by atoms with Crippen LogP contribution in [0.1, 0.15) is 25.3 Å². The molecule has 0 radical (unpaired) electrons. The number of aliphatic hydroxyl groups is 1. The molecular weight excluding hydrogens is 188 g/mol. The Balaban J connectivity index is 1.86. The maximum atomic E-state index is 10.2. The van der Waals surface area contributed by atoms with E-state index in [2.05, 4.69) is 12.1 Å². The molecule has 0 saturated heterocycles. The Kier molecular flexibility index (Phi) is 3.08. The van der Waals surface area contributed by atoms with Crippen LogP contribution in [-0.4, -0.2) is 23.4 Å². The molecule has 0 bridgehead atoms. The molecule has 82 valence electrons. The van der Waals surface area contributed by atoms with Crippen LogP contribution >= 0.6 is 0 Å².